The normalized spacial score (nSPS) is 10.8. The molecule has 0 N–H and O–H groups in total. The number of anilines is 2. The summed E-state index contributed by atoms with van der Waals surface area (Å²) in [5, 5.41) is 1.61. The summed E-state index contributed by atoms with van der Waals surface area (Å²) in [5.74, 6) is 1.37. The zero-order valence-electron chi connectivity index (χ0n) is 17.2. The number of benzene rings is 2. The van der Waals surface area contributed by atoms with Gasteiger partial charge in [-0.1, -0.05) is 18.2 Å². The van der Waals surface area contributed by atoms with Crippen LogP contribution in [0.2, 0.25) is 0 Å². The van der Waals surface area contributed by atoms with Gasteiger partial charge in [0, 0.05) is 24.0 Å². The van der Waals surface area contributed by atoms with Crippen molar-refractivity contribution in [2.75, 3.05) is 33.3 Å². The van der Waals surface area contributed by atoms with Crippen molar-refractivity contribution in [1.82, 2.24) is 9.97 Å². The van der Waals surface area contributed by atoms with Crippen molar-refractivity contribution >= 4 is 39.3 Å². The summed E-state index contributed by atoms with van der Waals surface area (Å²) in [6.45, 7) is 0. The van der Waals surface area contributed by atoms with Crippen LogP contribution in [-0.4, -0.2) is 44.3 Å². The van der Waals surface area contributed by atoms with E-state index in [9.17, 15) is 4.79 Å². The topological polar surface area (TPSA) is 73.8 Å². The van der Waals surface area contributed by atoms with E-state index in [0.29, 0.717) is 33.9 Å². The van der Waals surface area contributed by atoms with Crippen molar-refractivity contribution in [3.8, 4) is 11.5 Å². The first-order chi connectivity index (χ1) is 14.6. The summed E-state index contributed by atoms with van der Waals surface area (Å²) in [7, 11) is 6.44. The number of carbonyl (C=O) groups is 1. The molecule has 7 nitrogen and oxygen atoms in total. The maximum absolute atomic E-state index is 12.4. The van der Waals surface area contributed by atoms with Crippen LogP contribution in [0.3, 0.4) is 0 Å². The average Bonchev–Trinajstić information content (AvgIpc) is 2.80. The van der Waals surface area contributed by atoms with Crippen molar-refractivity contribution in [3.05, 3.63) is 60.3 Å². The standard InChI is InChI=1S/C23H21N3O4/c1-26(18-11-12-24-21-15(18)9-10-19(28-2)22(21)29-3)20-13-16(23(27)30-4)14-7-5-6-8-17(14)25-20/h5-13H,1-4H3. The number of para-hydroxylation sites is 1. The molecule has 4 aromatic rings. The molecule has 4 rings (SSSR count). The second-order valence-corrected chi connectivity index (χ2v) is 6.62. The Balaban J connectivity index is 1.92. The van der Waals surface area contributed by atoms with Gasteiger partial charge in [-0.3, -0.25) is 4.98 Å². The monoisotopic (exact) mass is 403 g/mol. The summed E-state index contributed by atoms with van der Waals surface area (Å²) in [4.78, 5) is 23.5. The van der Waals surface area contributed by atoms with Crippen molar-refractivity contribution < 1.29 is 19.0 Å². The lowest BCUT2D eigenvalue weighted by atomic mass is 10.1. The third-order valence-electron chi connectivity index (χ3n) is 5.04. The van der Waals surface area contributed by atoms with Gasteiger partial charge in [0.25, 0.3) is 0 Å². The zero-order valence-corrected chi connectivity index (χ0v) is 17.2. The summed E-state index contributed by atoms with van der Waals surface area (Å²) < 4.78 is 15.9. The largest absolute Gasteiger partial charge is 0.493 e. The number of methoxy groups -OCH3 is 3. The van der Waals surface area contributed by atoms with Gasteiger partial charge < -0.3 is 19.1 Å². The van der Waals surface area contributed by atoms with Gasteiger partial charge in [-0.15, -0.1) is 0 Å². The molecule has 0 fully saturated rings. The van der Waals surface area contributed by atoms with Crippen molar-refractivity contribution in [2.45, 2.75) is 0 Å². The van der Waals surface area contributed by atoms with Crippen molar-refractivity contribution in [3.63, 3.8) is 0 Å². The summed E-state index contributed by atoms with van der Waals surface area (Å²) in [5.41, 5.74) is 2.71. The highest BCUT2D eigenvalue weighted by atomic mass is 16.5. The minimum atomic E-state index is -0.408. The summed E-state index contributed by atoms with van der Waals surface area (Å²) >= 11 is 0. The Kier molecular flexibility index (Phi) is 5.10. The molecule has 152 valence electrons. The van der Waals surface area contributed by atoms with E-state index in [0.717, 1.165) is 16.5 Å². The van der Waals surface area contributed by atoms with Crippen LogP contribution in [0.1, 0.15) is 10.4 Å². The molecule has 0 aliphatic carbocycles. The molecule has 0 radical (unpaired) electrons. The van der Waals surface area contributed by atoms with Gasteiger partial charge >= 0.3 is 5.97 Å². The van der Waals surface area contributed by atoms with E-state index in [-0.39, 0.29) is 0 Å². The smallest absolute Gasteiger partial charge is 0.338 e. The fraction of sp³-hybridized carbons (Fsp3) is 0.174. The van der Waals surface area contributed by atoms with E-state index in [1.807, 2.05) is 54.4 Å². The van der Waals surface area contributed by atoms with Gasteiger partial charge in [0.1, 0.15) is 11.3 Å². The van der Waals surface area contributed by atoms with Crippen molar-refractivity contribution in [1.29, 1.82) is 0 Å². The molecule has 0 atom stereocenters. The molecule has 0 aliphatic heterocycles. The molecule has 7 heteroatoms. The molecule has 30 heavy (non-hydrogen) atoms. The quantitative estimate of drug-likeness (QED) is 0.459. The van der Waals surface area contributed by atoms with Gasteiger partial charge in [-0.25, -0.2) is 9.78 Å². The van der Waals surface area contributed by atoms with Crippen LogP contribution in [0.5, 0.6) is 11.5 Å². The maximum Gasteiger partial charge on any atom is 0.338 e. The van der Waals surface area contributed by atoms with E-state index in [1.54, 1.807) is 26.5 Å². The van der Waals surface area contributed by atoms with Gasteiger partial charge in [-0.05, 0) is 30.3 Å². The highest BCUT2D eigenvalue weighted by molar-refractivity contribution is 6.05. The fourth-order valence-corrected chi connectivity index (χ4v) is 3.55. The van der Waals surface area contributed by atoms with Gasteiger partial charge in [0.15, 0.2) is 11.5 Å². The zero-order chi connectivity index (χ0) is 21.3. The minimum absolute atomic E-state index is 0.408. The lowest BCUT2D eigenvalue weighted by Crippen LogP contribution is -2.14. The predicted octanol–water partition coefficient (Wildman–Crippen LogP) is 4.35. The third kappa shape index (κ3) is 3.14. The van der Waals surface area contributed by atoms with Crippen LogP contribution in [0.25, 0.3) is 21.8 Å². The molecule has 2 aromatic carbocycles. The fourth-order valence-electron chi connectivity index (χ4n) is 3.55. The predicted molar refractivity (Wildman–Crippen MR) is 116 cm³/mol. The molecule has 0 unspecified atom stereocenters. The van der Waals surface area contributed by atoms with Crippen molar-refractivity contribution in [2.24, 2.45) is 0 Å². The Bertz CT molecular complexity index is 1260. The van der Waals surface area contributed by atoms with Crippen LogP contribution < -0.4 is 14.4 Å². The Hall–Kier alpha value is -3.87. The van der Waals surface area contributed by atoms with E-state index in [1.165, 1.54) is 7.11 Å². The van der Waals surface area contributed by atoms with Gasteiger partial charge in [-0.2, -0.15) is 0 Å². The molecule has 0 aliphatic rings. The van der Waals surface area contributed by atoms with Gasteiger partial charge in [0.05, 0.1) is 38.1 Å². The molecule has 0 saturated carbocycles. The lowest BCUT2D eigenvalue weighted by molar-refractivity contribution is 0.0603. The first kappa shape index (κ1) is 19.4. The highest BCUT2D eigenvalue weighted by Crippen LogP contribution is 2.39. The number of hydrogen-bond donors (Lipinski definition) is 0. The number of nitrogens with zero attached hydrogens (tertiary/aromatic N) is 3. The molecule has 0 bridgehead atoms. The SMILES string of the molecule is COC(=O)c1cc(N(C)c2ccnc3c(OC)c(OC)ccc23)nc2ccccc12. The number of rotatable bonds is 5. The Morgan fingerprint density at radius 2 is 1.77 bits per heavy atom. The van der Waals surface area contributed by atoms with E-state index in [4.69, 9.17) is 19.2 Å². The first-order valence-electron chi connectivity index (χ1n) is 9.30. The van der Waals surface area contributed by atoms with Crippen LogP contribution >= 0.6 is 0 Å². The average molecular weight is 403 g/mol. The van der Waals surface area contributed by atoms with E-state index in [2.05, 4.69) is 4.98 Å². The molecular formula is C23H21N3O4. The van der Waals surface area contributed by atoms with Crippen LogP contribution in [0.4, 0.5) is 11.5 Å². The molecule has 2 aromatic heterocycles. The Labute approximate surface area is 173 Å². The Morgan fingerprint density at radius 3 is 2.50 bits per heavy atom. The highest BCUT2D eigenvalue weighted by Gasteiger charge is 2.19. The van der Waals surface area contributed by atoms with Crippen LogP contribution in [-0.2, 0) is 4.74 Å². The number of hydrogen-bond acceptors (Lipinski definition) is 7. The number of pyridine rings is 2. The first-order valence-corrected chi connectivity index (χ1v) is 9.30. The number of fused-ring (bicyclic) bond motifs is 2. The molecule has 2 heterocycles. The lowest BCUT2D eigenvalue weighted by Gasteiger charge is -2.22. The summed E-state index contributed by atoms with van der Waals surface area (Å²) in [6, 6.07) is 14.9. The van der Waals surface area contributed by atoms with Gasteiger partial charge in [0.2, 0.25) is 0 Å². The Morgan fingerprint density at radius 1 is 0.967 bits per heavy atom. The van der Waals surface area contributed by atoms with E-state index < -0.39 is 5.97 Å². The summed E-state index contributed by atoms with van der Waals surface area (Å²) in [6.07, 6.45) is 1.71. The van der Waals surface area contributed by atoms with E-state index >= 15 is 0 Å². The number of aromatic nitrogens is 2. The molecular weight excluding hydrogens is 382 g/mol. The second kappa shape index (κ2) is 7.87. The minimum Gasteiger partial charge on any atom is -0.493 e. The molecule has 0 spiro atoms. The third-order valence-corrected chi connectivity index (χ3v) is 5.04. The number of esters is 1. The second-order valence-electron chi connectivity index (χ2n) is 6.62. The maximum atomic E-state index is 12.4. The molecule has 0 saturated heterocycles. The van der Waals surface area contributed by atoms with Crippen LogP contribution in [0.15, 0.2) is 54.7 Å². The number of ether oxygens (including phenoxy) is 3. The number of carbonyl (C=O) groups excluding carboxylic acids is 1. The molecule has 0 amide bonds. The van der Waals surface area contributed by atoms with Crippen LogP contribution in [0, 0.1) is 0 Å².